The molecule has 0 radical (unpaired) electrons. The van der Waals surface area contributed by atoms with E-state index in [2.05, 4.69) is 13.8 Å². The number of nitrogens with zero attached hydrogens (tertiary/aromatic N) is 1. The van der Waals surface area contributed by atoms with Gasteiger partial charge in [-0.2, -0.15) is 0 Å². The topological polar surface area (TPSA) is 40.5 Å². The number of carbonyl (C=O) groups excluding carboxylic acids is 1. The summed E-state index contributed by atoms with van der Waals surface area (Å²) in [5.41, 5.74) is -0.423. The largest absolute Gasteiger partial charge is 0.386 e. The zero-order valence-electron chi connectivity index (χ0n) is 8.50. The highest BCUT2D eigenvalue weighted by Gasteiger charge is 2.54. The lowest BCUT2D eigenvalue weighted by molar-refractivity contribution is -0.154. The molecule has 1 heterocycles. The number of rotatable bonds is 1. The molecule has 0 spiro atoms. The van der Waals surface area contributed by atoms with Crippen LogP contribution < -0.4 is 0 Å². The average Bonchev–Trinajstić information content (AvgIpc) is 2.53. The quantitative estimate of drug-likeness (QED) is 0.647. The van der Waals surface area contributed by atoms with Gasteiger partial charge in [-0.1, -0.05) is 13.8 Å². The minimum atomic E-state index is -0.630. The smallest absolute Gasteiger partial charge is 0.226 e. The van der Waals surface area contributed by atoms with Crippen LogP contribution in [0.25, 0.3) is 0 Å². The molecule has 2 rings (SSSR count). The maximum atomic E-state index is 11.7. The van der Waals surface area contributed by atoms with Crippen LogP contribution in [-0.2, 0) is 4.79 Å². The van der Waals surface area contributed by atoms with Gasteiger partial charge in [-0.25, -0.2) is 0 Å². The molecule has 0 aromatic rings. The molecule has 0 bridgehead atoms. The summed E-state index contributed by atoms with van der Waals surface area (Å²) in [4.78, 5) is 13.5. The van der Waals surface area contributed by atoms with Crippen molar-refractivity contribution in [3.8, 4) is 0 Å². The number of hydrogen-bond donors (Lipinski definition) is 1. The van der Waals surface area contributed by atoms with Gasteiger partial charge >= 0.3 is 0 Å². The Morgan fingerprint density at radius 2 is 1.85 bits per heavy atom. The molecule has 1 N–H and O–H groups in total. The third kappa shape index (κ3) is 1.46. The maximum absolute atomic E-state index is 11.7. The first-order valence-corrected chi connectivity index (χ1v) is 4.83. The summed E-state index contributed by atoms with van der Waals surface area (Å²) in [6.45, 7) is 7.03. The number of aliphatic hydroxyl groups is 1. The standard InChI is InChI=1S/C10H17NO2/c1-9(2)4-7(9)8(12)11-5-10(3,13)6-11/h7,13H,4-6H2,1-3H3. The van der Waals surface area contributed by atoms with Crippen molar-refractivity contribution in [2.75, 3.05) is 13.1 Å². The summed E-state index contributed by atoms with van der Waals surface area (Å²) >= 11 is 0. The molecule has 2 aliphatic rings. The molecule has 1 aliphatic carbocycles. The van der Waals surface area contributed by atoms with Crippen LogP contribution in [0.1, 0.15) is 27.2 Å². The summed E-state index contributed by atoms with van der Waals surface area (Å²) in [5, 5.41) is 9.47. The monoisotopic (exact) mass is 183 g/mol. The van der Waals surface area contributed by atoms with Crippen LogP contribution in [0.15, 0.2) is 0 Å². The highest BCUT2D eigenvalue weighted by molar-refractivity contribution is 5.83. The van der Waals surface area contributed by atoms with Gasteiger partial charge < -0.3 is 10.0 Å². The van der Waals surface area contributed by atoms with Crippen molar-refractivity contribution in [2.24, 2.45) is 11.3 Å². The van der Waals surface area contributed by atoms with Crippen LogP contribution in [0.2, 0.25) is 0 Å². The van der Waals surface area contributed by atoms with E-state index in [1.165, 1.54) is 0 Å². The first kappa shape index (κ1) is 9.00. The fraction of sp³-hybridized carbons (Fsp3) is 0.900. The normalized spacial score (nSPS) is 33.8. The first-order valence-electron chi connectivity index (χ1n) is 4.83. The Bertz CT molecular complexity index is 250. The highest BCUT2D eigenvalue weighted by atomic mass is 16.3. The lowest BCUT2D eigenvalue weighted by Gasteiger charge is -2.44. The Hall–Kier alpha value is -0.570. The third-order valence-corrected chi connectivity index (χ3v) is 3.19. The van der Waals surface area contributed by atoms with E-state index in [0.717, 1.165) is 6.42 Å². The average molecular weight is 183 g/mol. The SMILES string of the molecule is CC1(O)CN(C(=O)C2CC2(C)C)C1. The number of hydrogen-bond acceptors (Lipinski definition) is 2. The summed E-state index contributed by atoms with van der Waals surface area (Å²) in [7, 11) is 0. The van der Waals surface area contributed by atoms with E-state index >= 15 is 0 Å². The van der Waals surface area contributed by atoms with E-state index < -0.39 is 5.60 Å². The number of likely N-dealkylation sites (tertiary alicyclic amines) is 1. The first-order chi connectivity index (χ1) is 5.82. The molecule has 1 amide bonds. The Morgan fingerprint density at radius 1 is 1.38 bits per heavy atom. The van der Waals surface area contributed by atoms with Crippen molar-refractivity contribution < 1.29 is 9.90 Å². The Balaban J connectivity index is 1.88. The molecule has 3 heteroatoms. The van der Waals surface area contributed by atoms with Gasteiger partial charge in [-0.15, -0.1) is 0 Å². The minimum absolute atomic E-state index is 0.207. The molecule has 13 heavy (non-hydrogen) atoms. The number of amides is 1. The zero-order valence-corrected chi connectivity index (χ0v) is 8.50. The van der Waals surface area contributed by atoms with Crippen LogP contribution in [0.3, 0.4) is 0 Å². The van der Waals surface area contributed by atoms with E-state index in [9.17, 15) is 9.90 Å². The number of β-amino-alcohol motifs (C(OH)–C–C–N with tert-alkyl or cyclic N) is 1. The minimum Gasteiger partial charge on any atom is -0.386 e. The van der Waals surface area contributed by atoms with Crippen LogP contribution in [0.5, 0.6) is 0 Å². The highest BCUT2D eigenvalue weighted by Crippen LogP contribution is 2.53. The number of carbonyl (C=O) groups is 1. The summed E-state index contributed by atoms with van der Waals surface area (Å²) < 4.78 is 0. The summed E-state index contributed by atoms with van der Waals surface area (Å²) in [6.07, 6.45) is 1.00. The van der Waals surface area contributed by atoms with Crippen LogP contribution in [0.4, 0.5) is 0 Å². The Kier molecular flexibility index (Phi) is 1.57. The molecule has 1 atom stereocenters. The van der Waals surface area contributed by atoms with Gasteiger partial charge in [0.05, 0.1) is 18.7 Å². The van der Waals surface area contributed by atoms with Gasteiger partial charge in [0.25, 0.3) is 0 Å². The second-order valence-electron chi connectivity index (χ2n) is 5.44. The molecule has 1 saturated heterocycles. The lowest BCUT2D eigenvalue weighted by Crippen LogP contribution is -2.62. The van der Waals surface area contributed by atoms with Gasteiger partial charge in [0.15, 0.2) is 0 Å². The van der Waals surface area contributed by atoms with Crippen molar-refractivity contribution in [3.05, 3.63) is 0 Å². The molecule has 1 aliphatic heterocycles. The Morgan fingerprint density at radius 3 is 2.15 bits per heavy atom. The van der Waals surface area contributed by atoms with Crippen LogP contribution in [0, 0.1) is 11.3 Å². The van der Waals surface area contributed by atoms with Crippen molar-refractivity contribution in [2.45, 2.75) is 32.8 Å². The second-order valence-corrected chi connectivity index (χ2v) is 5.44. The van der Waals surface area contributed by atoms with Gasteiger partial charge in [-0.05, 0) is 18.8 Å². The Labute approximate surface area is 78.7 Å². The second kappa shape index (κ2) is 2.27. The van der Waals surface area contributed by atoms with Crippen LogP contribution in [-0.4, -0.2) is 34.6 Å². The fourth-order valence-electron chi connectivity index (χ4n) is 2.04. The van der Waals surface area contributed by atoms with Gasteiger partial charge in [0.1, 0.15) is 0 Å². The van der Waals surface area contributed by atoms with Crippen molar-refractivity contribution in [1.29, 1.82) is 0 Å². The third-order valence-electron chi connectivity index (χ3n) is 3.19. The van der Waals surface area contributed by atoms with E-state index in [-0.39, 0.29) is 17.2 Å². The molecular formula is C10H17NO2. The van der Waals surface area contributed by atoms with Crippen molar-refractivity contribution in [3.63, 3.8) is 0 Å². The van der Waals surface area contributed by atoms with Crippen LogP contribution >= 0.6 is 0 Å². The van der Waals surface area contributed by atoms with E-state index in [4.69, 9.17) is 0 Å². The molecule has 0 aromatic heterocycles. The predicted octanol–water partition coefficient (Wildman–Crippen LogP) is 0.626. The maximum Gasteiger partial charge on any atom is 0.226 e. The lowest BCUT2D eigenvalue weighted by atomic mass is 9.95. The molecule has 3 nitrogen and oxygen atoms in total. The van der Waals surface area contributed by atoms with Gasteiger partial charge in [-0.3, -0.25) is 4.79 Å². The molecule has 1 unspecified atom stereocenters. The molecule has 1 saturated carbocycles. The van der Waals surface area contributed by atoms with Crippen molar-refractivity contribution >= 4 is 5.91 Å². The van der Waals surface area contributed by atoms with Gasteiger partial charge in [0, 0.05) is 5.92 Å². The van der Waals surface area contributed by atoms with Gasteiger partial charge in [0.2, 0.25) is 5.91 Å². The predicted molar refractivity (Wildman–Crippen MR) is 49.1 cm³/mol. The molecule has 74 valence electrons. The zero-order chi connectivity index (χ0) is 9.85. The molecule has 0 aromatic carbocycles. The van der Waals surface area contributed by atoms with E-state index in [0.29, 0.717) is 13.1 Å². The van der Waals surface area contributed by atoms with E-state index in [1.807, 2.05) is 0 Å². The van der Waals surface area contributed by atoms with E-state index in [1.54, 1.807) is 11.8 Å². The summed E-state index contributed by atoms with van der Waals surface area (Å²) in [5.74, 6) is 0.445. The summed E-state index contributed by atoms with van der Waals surface area (Å²) in [6, 6.07) is 0. The van der Waals surface area contributed by atoms with Crippen molar-refractivity contribution in [1.82, 2.24) is 4.90 Å². The molecular weight excluding hydrogens is 166 g/mol. The fourth-order valence-corrected chi connectivity index (χ4v) is 2.04. The molecule has 2 fully saturated rings.